The summed E-state index contributed by atoms with van der Waals surface area (Å²) in [5.41, 5.74) is 1.30. The molecule has 0 unspecified atom stereocenters. The summed E-state index contributed by atoms with van der Waals surface area (Å²) in [4.78, 5) is 26.8. The van der Waals surface area contributed by atoms with Crippen LogP contribution < -0.4 is 5.32 Å². The van der Waals surface area contributed by atoms with Crippen molar-refractivity contribution in [1.82, 2.24) is 19.9 Å². The van der Waals surface area contributed by atoms with Crippen LogP contribution in [0.15, 0.2) is 11.4 Å². The van der Waals surface area contributed by atoms with Gasteiger partial charge in [0, 0.05) is 7.05 Å². The van der Waals surface area contributed by atoms with Gasteiger partial charge in [0.25, 0.3) is 0 Å². The molecular weight excluding hydrogens is 254 g/mol. The molecule has 2 heterocycles. The van der Waals surface area contributed by atoms with E-state index in [2.05, 4.69) is 25.3 Å². The molecule has 0 saturated carbocycles. The molecule has 2 aromatic heterocycles. The van der Waals surface area contributed by atoms with Crippen molar-refractivity contribution < 1.29 is 9.53 Å². The molecule has 0 fully saturated rings. The van der Waals surface area contributed by atoms with Gasteiger partial charge >= 0.3 is 5.97 Å². The van der Waals surface area contributed by atoms with Crippen LogP contribution in [0.25, 0.3) is 11.2 Å². The maximum Gasteiger partial charge on any atom is 0.316 e. The minimum absolute atomic E-state index is 0.210. The van der Waals surface area contributed by atoms with Gasteiger partial charge in [-0.1, -0.05) is 11.8 Å². The predicted octanol–water partition coefficient (Wildman–Crippen LogP) is 1.05. The number of rotatable bonds is 5. The third-order valence-electron chi connectivity index (χ3n) is 2.11. The van der Waals surface area contributed by atoms with Crippen molar-refractivity contribution >= 4 is 34.8 Å². The van der Waals surface area contributed by atoms with Gasteiger partial charge in [-0.2, -0.15) is 4.98 Å². The molecule has 0 atom stereocenters. The van der Waals surface area contributed by atoms with Crippen molar-refractivity contribution in [3.05, 3.63) is 6.33 Å². The zero-order chi connectivity index (χ0) is 13.0. The number of aromatic nitrogens is 4. The van der Waals surface area contributed by atoms with Crippen LogP contribution in [0.4, 0.5) is 5.95 Å². The number of ether oxygens (including phenoxy) is 1. The van der Waals surface area contributed by atoms with Crippen LogP contribution in [-0.4, -0.2) is 45.3 Å². The number of esters is 1. The second-order valence-electron chi connectivity index (χ2n) is 3.30. The van der Waals surface area contributed by atoms with E-state index in [9.17, 15) is 4.79 Å². The van der Waals surface area contributed by atoms with Gasteiger partial charge in [0.2, 0.25) is 5.95 Å². The fraction of sp³-hybridized carbons (Fsp3) is 0.400. The number of nitrogens with one attached hydrogen (secondary N) is 2. The Morgan fingerprint density at radius 1 is 1.56 bits per heavy atom. The molecule has 18 heavy (non-hydrogen) atoms. The summed E-state index contributed by atoms with van der Waals surface area (Å²) in [6.07, 6.45) is 1.55. The molecular formula is C10H13N5O2S. The van der Waals surface area contributed by atoms with Crippen LogP contribution in [-0.2, 0) is 9.53 Å². The number of nitrogens with zero attached hydrogens (tertiary/aromatic N) is 3. The van der Waals surface area contributed by atoms with Crippen molar-refractivity contribution in [3.63, 3.8) is 0 Å². The summed E-state index contributed by atoms with van der Waals surface area (Å²) in [6, 6.07) is 0. The molecule has 0 bridgehead atoms. The van der Waals surface area contributed by atoms with Crippen LogP contribution in [0.5, 0.6) is 0 Å². The largest absolute Gasteiger partial charge is 0.465 e. The number of imidazole rings is 1. The smallest absolute Gasteiger partial charge is 0.316 e. The molecule has 0 aliphatic carbocycles. The first kappa shape index (κ1) is 12.6. The monoisotopic (exact) mass is 267 g/mol. The number of anilines is 1. The first-order chi connectivity index (χ1) is 8.74. The number of hydrogen-bond acceptors (Lipinski definition) is 7. The average Bonchev–Trinajstić information content (AvgIpc) is 2.84. The van der Waals surface area contributed by atoms with Crippen molar-refractivity contribution in [2.45, 2.75) is 11.9 Å². The van der Waals surface area contributed by atoms with Crippen molar-refractivity contribution in [1.29, 1.82) is 0 Å². The van der Waals surface area contributed by atoms with E-state index in [1.165, 1.54) is 11.8 Å². The molecule has 8 heteroatoms. The quantitative estimate of drug-likeness (QED) is 0.475. The molecule has 0 aliphatic heterocycles. The van der Waals surface area contributed by atoms with Crippen LogP contribution in [0.1, 0.15) is 6.92 Å². The maximum atomic E-state index is 11.3. The molecule has 0 aromatic carbocycles. The molecule has 96 valence electrons. The normalized spacial score (nSPS) is 10.6. The summed E-state index contributed by atoms with van der Waals surface area (Å²) in [7, 11) is 1.73. The number of H-pyrrole nitrogens is 1. The molecule has 0 aliphatic rings. The Labute approximate surface area is 108 Å². The van der Waals surface area contributed by atoms with Gasteiger partial charge in [-0.05, 0) is 6.92 Å². The Morgan fingerprint density at radius 3 is 3.11 bits per heavy atom. The van der Waals surface area contributed by atoms with Gasteiger partial charge in [0.1, 0.15) is 10.5 Å². The van der Waals surface area contributed by atoms with Gasteiger partial charge < -0.3 is 15.0 Å². The van der Waals surface area contributed by atoms with Gasteiger partial charge in [-0.3, -0.25) is 4.79 Å². The second-order valence-corrected chi connectivity index (χ2v) is 4.26. The van der Waals surface area contributed by atoms with E-state index in [4.69, 9.17) is 4.74 Å². The highest BCUT2D eigenvalue weighted by molar-refractivity contribution is 8.00. The number of aromatic amines is 1. The maximum absolute atomic E-state index is 11.3. The third kappa shape index (κ3) is 2.70. The number of thioether (sulfide) groups is 1. The van der Waals surface area contributed by atoms with Crippen LogP contribution in [0.2, 0.25) is 0 Å². The lowest BCUT2D eigenvalue weighted by molar-refractivity contribution is -0.139. The minimum Gasteiger partial charge on any atom is -0.465 e. The van der Waals surface area contributed by atoms with Crippen LogP contribution >= 0.6 is 11.8 Å². The van der Waals surface area contributed by atoms with E-state index >= 15 is 0 Å². The van der Waals surface area contributed by atoms with Crippen LogP contribution in [0.3, 0.4) is 0 Å². The topological polar surface area (TPSA) is 92.8 Å². The zero-order valence-corrected chi connectivity index (χ0v) is 10.9. The summed E-state index contributed by atoms with van der Waals surface area (Å²) in [5.74, 6) is 0.419. The lowest BCUT2D eigenvalue weighted by atomic mass is 10.5. The summed E-state index contributed by atoms with van der Waals surface area (Å²) in [5, 5.41) is 3.53. The highest BCUT2D eigenvalue weighted by atomic mass is 32.2. The Hall–Kier alpha value is -1.83. The van der Waals surface area contributed by atoms with E-state index in [0.717, 1.165) is 5.52 Å². The molecule has 0 saturated heterocycles. The lowest BCUT2D eigenvalue weighted by Crippen LogP contribution is -2.07. The SMILES string of the molecule is CCOC(=O)CSc1nc(NC)nc2nc[nH]c12. The fourth-order valence-corrected chi connectivity index (χ4v) is 2.14. The Balaban J connectivity index is 2.20. The first-order valence-corrected chi connectivity index (χ1v) is 6.40. The fourth-order valence-electron chi connectivity index (χ4n) is 1.35. The Bertz CT molecular complexity index is 556. The lowest BCUT2D eigenvalue weighted by Gasteiger charge is -2.04. The first-order valence-electron chi connectivity index (χ1n) is 5.42. The number of fused-ring (bicyclic) bond motifs is 1. The van der Waals surface area contributed by atoms with Crippen molar-refractivity contribution in [3.8, 4) is 0 Å². The number of carbonyl (C=O) groups excluding carboxylic acids is 1. The van der Waals surface area contributed by atoms with E-state index < -0.39 is 0 Å². The zero-order valence-electron chi connectivity index (χ0n) is 10.1. The Kier molecular flexibility index (Phi) is 3.98. The standard InChI is InChI=1S/C10H13N5O2S/c1-3-17-6(16)4-18-9-7-8(13-5-12-7)14-10(11-2)15-9/h5H,3-4H2,1-2H3,(H2,11,12,13,14,15). The molecule has 2 aromatic rings. The van der Waals surface area contributed by atoms with E-state index in [1.54, 1.807) is 20.3 Å². The van der Waals surface area contributed by atoms with Gasteiger partial charge in [0.05, 0.1) is 18.7 Å². The third-order valence-corrected chi connectivity index (χ3v) is 3.06. The number of carbonyl (C=O) groups is 1. The average molecular weight is 267 g/mol. The Morgan fingerprint density at radius 2 is 2.39 bits per heavy atom. The summed E-state index contributed by atoms with van der Waals surface area (Å²) < 4.78 is 4.87. The van der Waals surface area contributed by atoms with Gasteiger partial charge in [-0.15, -0.1) is 0 Å². The number of hydrogen-bond donors (Lipinski definition) is 2. The molecule has 0 radical (unpaired) electrons. The molecule has 7 nitrogen and oxygen atoms in total. The van der Waals surface area contributed by atoms with Crippen molar-refractivity contribution in [2.24, 2.45) is 0 Å². The van der Waals surface area contributed by atoms with Gasteiger partial charge in [-0.25, -0.2) is 9.97 Å². The highest BCUT2D eigenvalue weighted by Crippen LogP contribution is 2.24. The van der Waals surface area contributed by atoms with E-state index in [0.29, 0.717) is 23.2 Å². The minimum atomic E-state index is -0.264. The van der Waals surface area contributed by atoms with E-state index in [-0.39, 0.29) is 11.7 Å². The molecule has 0 amide bonds. The van der Waals surface area contributed by atoms with Crippen molar-refractivity contribution in [2.75, 3.05) is 24.7 Å². The molecule has 2 rings (SSSR count). The highest BCUT2D eigenvalue weighted by Gasteiger charge is 2.12. The molecule has 0 spiro atoms. The summed E-state index contributed by atoms with van der Waals surface area (Å²) in [6.45, 7) is 2.16. The van der Waals surface area contributed by atoms with Gasteiger partial charge in [0.15, 0.2) is 5.65 Å². The predicted molar refractivity (Wildman–Crippen MR) is 68.6 cm³/mol. The van der Waals surface area contributed by atoms with Crippen LogP contribution in [0, 0.1) is 0 Å². The molecule has 2 N–H and O–H groups in total. The van der Waals surface area contributed by atoms with E-state index in [1.807, 2.05) is 0 Å². The second kappa shape index (κ2) is 5.67. The summed E-state index contributed by atoms with van der Waals surface area (Å²) >= 11 is 1.30.